The summed E-state index contributed by atoms with van der Waals surface area (Å²) in [5, 5.41) is 2.89. The van der Waals surface area contributed by atoms with E-state index in [1.165, 1.54) is 18.2 Å². The molecule has 1 heterocycles. The summed E-state index contributed by atoms with van der Waals surface area (Å²) >= 11 is 0. The second-order valence-corrected chi connectivity index (χ2v) is 6.50. The number of nitrogens with one attached hydrogen (secondary N) is 2. The normalized spacial score (nSPS) is 20.0. The number of rotatable bonds is 1. The minimum absolute atomic E-state index is 0.0678. The molecule has 0 spiro atoms. The summed E-state index contributed by atoms with van der Waals surface area (Å²) in [5.41, 5.74) is -0.290. The fourth-order valence-corrected chi connectivity index (χ4v) is 3.58. The third-order valence-corrected chi connectivity index (χ3v) is 4.78. The van der Waals surface area contributed by atoms with E-state index in [9.17, 15) is 21.6 Å². The number of halogens is 3. The van der Waals surface area contributed by atoms with Gasteiger partial charge in [0.05, 0.1) is 11.3 Å². The number of hydrogen-bond donors (Lipinski definition) is 2. The molecule has 4 nitrogen and oxygen atoms in total. The van der Waals surface area contributed by atoms with Crippen molar-refractivity contribution in [2.45, 2.75) is 17.2 Å². The highest BCUT2D eigenvalue weighted by Crippen LogP contribution is 2.34. The van der Waals surface area contributed by atoms with Crippen LogP contribution in [-0.2, 0) is 16.2 Å². The van der Waals surface area contributed by atoms with Gasteiger partial charge in [0.25, 0.3) is 0 Å². The molecule has 3 rings (SSSR count). The molecule has 0 bridgehead atoms. The highest BCUT2D eigenvalue weighted by Gasteiger charge is 2.33. The van der Waals surface area contributed by atoms with Gasteiger partial charge in [0, 0.05) is 0 Å². The number of sulfonamides is 1. The van der Waals surface area contributed by atoms with Gasteiger partial charge < -0.3 is 5.32 Å². The molecule has 0 fully saturated rings. The van der Waals surface area contributed by atoms with E-state index in [0.717, 1.165) is 12.1 Å². The number of hydrogen-bond acceptors (Lipinski definition) is 3. The van der Waals surface area contributed by atoms with Crippen LogP contribution >= 0.6 is 0 Å². The van der Waals surface area contributed by atoms with Crippen molar-refractivity contribution in [2.75, 3.05) is 5.32 Å². The van der Waals surface area contributed by atoms with Crippen LogP contribution in [0.1, 0.15) is 17.3 Å². The molecule has 0 aliphatic carbocycles. The number of alkyl halides is 3. The van der Waals surface area contributed by atoms with Crippen molar-refractivity contribution in [3.8, 4) is 0 Å². The van der Waals surface area contributed by atoms with Crippen molar-refractivity contribution < 1.29 is 21.6 Å². The van der Waals surface area contributed by atoms with E-state index in [1.807, 2.05) is 0 Å². The average Bonchev–Trinajstić information content (AvgIpc) is 2.46. The van der Waals surface area contributed by atoms with Gasteiger partial charge in [-0.25, -0.2) is 8.42 Å². The van der Waals surface area contributed by atoms with Gasteiger partial charge in [0.2, 0.25) is 10.0 Å². The van der Waals surface area contributed by atoms with Crippen LogP contribution in [0.25, 0.3) is 0 Å². The zero-order valence-electron chi connectivity index (χ0n) is 11.1. The van der Waals surface area contributed by atoms with Gasteiger partial charge in [-0.3, -0.25) is 0 Å². The van der Waals surface area contributed by atoms with Crippen molar-refractivity contribution in [3.63, 3.8) is 0 Å². The van der Waals surface area contributed by atoms with Crippen LogP contribution in [0.5, 0.6) is 0 Å². The highest BCUT2D eigenvalue weighted by atomic mass is 32.2. The molecule has 1 atom stereocenters. The molecule has 0 saturated carbocycles. The third-order valence-electron chi connectivity index (χ3n) is 3.30. The Morgan fingerprint density at radius 1 is 1.00 bits per heavy atom. The molecule has 22 heavy (non-hydrogen) atoms. The summed E-state index contributed by atoms with van der Waals surface area (Å²) in [6.07, 6.45) is -5.44. The van der Waals surface area contributed by atoms with E-state index < -0.39 is 27.9 Å². The van der Waals surface area contributed by atoms with Crippen LogP contribution in [0.15, 0.2) is 53.4 Å². The molecule has 8 heteroatoms. The Hall–Kier alpha value is -2.06. The van der Waals surface area contributed by atoms with Crippen LogP contribution in [0.2, 0.25) is 0 Å². The van der Waals surface area contributed by atoms with Gasteiger partial charge in [-0.1, -0.05) is 24.3 Å². The second kappa shape index (κ2) is 4.99. The molecule has 1 unspecified atom stereocenters. The van der Waals surface area contributed by atoms with Crippen molar-refractivity contribution >= 4 is 15.7 Å². The van der Waals surface area contributed by atoms with Gasteiger partial charge in [-0.05, 0) is 29.8 Å². The first-order valence-electron chi connectivity index (χ1n) is 6.32. The quantitative estimate of drug-likeness (QED) is 0.846. The summed E-state index contributed by atoms with van der Waals surface area (Å²) < 4.78 is 65.0. The first-order chi connectivity index (χ1) is 10.3. The van der Waals surface area contributed by atoms with Gasteiger partial charge in [0.15, 0.2) is 0 Å². The highest BCUT2D eigenvalue weighted by molar-refractivity contribution is 7.89. The lowest BCUT2D eigenvalue weighted by atomic mass is 10.1. The van der Waals surface area contributed by atoms with Crippen LogP contribution < -0.4 is 10.0 Å². The van der Waals surface area contributed by atoms with E-state index in [0.29, 0.717) is 5.69 Å². The van der Waals surface area contributed by atoms with Crippen molar-refractivity contribution in [1.29, 1.82) is 0 Å². The van der Waals surface area contributed by atoms with E-state index >= 15 is 0 Å². The van der Waals surface area contributed by atoms with E-state index in [-0.39, 0.29) is 10.5 Å². The molecule has 2 aromatic rings. The lowest BCUT2D eigenvalue weighted by Crippen LogP contribution is -2.38. The lowest BCUT2D eigenvalue weighted by molar-refractivity contribution is -0.137. The number of anilines is 1. The molecular formula is C14H11F3N2O2S. The van der Waals surface area contributed by atoms with Gasteiger partial charge in [-0.15, -0.1) is 0 Å². The summed E-state index contributed by atoms with van der Waals surface area (Å²) in [4.78, 5) is 0.0678. The molecule has 0 amide bonds. The Kier molecular flexibility index (Phi) is 3.37. The SMILES string of the molecule is O=S1(=O)NC(c2cccc(C(F)(F)F)c2)Nc2ccccc21. The molecule has 1 aliphatic rings. The van der Waals surface area contributed by atoms with E-state index in [2.05, 4.69) is 10.0 Å². The van der Waals surface area contributed by atoms with Crippen LogP contribution in [0, 0.1) is 0 Å². The van der Waals surface area contributed by atoms with E-state index in [1.54, 1.807) is 18.2 Å². The summed E-state index contributed by atoms with van der Waals surface area (Å²) in [5.74, 6) is 0. The Bertz CT molecular complexity index is 819. The van der Waals surface area contributed by atoms with Crippen LogP contribution in [0.4, 0.5) is 18.9 Å². The van der Waals surface area contributed by atoms with E-state index in [4.69, 9.17) is 0 Å². The third kappa shape index (κ3) is 2.67. The maximum atomic E-state index is 12.8. The zero-order chi connectivity index (χ0) is 16.0. The lowest BCUT2D eigenvalue weighted by Gasteiger charge is -2.28. The van der Waals surface area contributed by atoms with Crippen LogP contribution in [0.3, 0.4) is 0 Å². The predicted molar refractivity (Wildman–Crippen MR) is 74.6 cm³/mol. The van der Waals surface area contributed by atoms with Crippen LogP contribution in [-0.4, -0.2) is 8.42 Å². The van der Waals surface area contributed by atoms with Gasteiger partial charge >= 0.3 is 6.18 Å². The number of para-hydroxylation sites is 1. The number of benzene rings is 2. The smallest absolute Gasteiger partial charge is 0.364 e. The van der Waals surface area contributed by atoms with Crippen molar-refractivity contribution in [3.05, 3.63) is 59.7 Å². The Morgan fingerprint density at radius 3 is 2.45 bits per heavy atom. The fourth-order valence-electron chi connectivity index (χ4n) is 2.27. The standard InChI is InChI=1S/C14H11F3N2O2S/c15-14(16,17)10-5-3-4-9(8-10)13-18-11-6-1-2-7-12(11)22(20,21)19-13/h1-8,13,18-19H. The average molecular weight is 328 g/mol. The maximum absolute atomic E-state index is 12.8. The topological polar surface area (TPSA) is 58.2 Å². The minimum atomic E-state index is -4.48. The van der Waals surface area contributed by atoms with Gasteiger partial charge in [0.1, 0.15) is 11.1 Å². The molecule has 1 aliphatic heterocycles. The first-order valence-corrected chi connectivity index (χ1v) is 7.81. The Labute approximate surface area is 125 Å². The summed E-state index contributed by atoms with van der Waals surface area (Å²) in [6.45, 7) is 0. The second-order valence-electron chi connectivity index (χ2n) is 4.82. The molecule has 116 valence electrons. The molecular weight excluding hydrogens is 317 g/mol. The molecule has 0 radical (unpaired) electrons. The van der Waals surface area contributed by atoms with Crippen molar-refractivity contribution in [2.24, 2.45) is 0 Å². The fraction of sp³-hybridized carbons (Fsp3) is 0.143. The largest absolute Gasteiger partial charge is 0.416 e. The molecule has 0 saturated heterocycles. The summed E-state index contributed by atoms with van der Waals surface area (Å²) in [7, 11) is -3.78. The Balaban J connectivity index is 2.02. The Morgan fingerprint density at radius 2 is 1.73 bits per heavy atom. The first kappa shape index (κ1) is 14.9. The molecule has 0 aromatic heterocycles. The van der Waals surface area contributed by atoms with Crippen molar-refractivity contribution in [1.82, 2.24) is 4.72 Å². The number of fused-ring (bicyclic) bond motifs is 1. The minimum Gasteiger partial charge on any atom is -0.364 e. The monoisotopic (exact) mass is 328 g/mol. The predicted octanol–water partition coefficient (Wildman–Crippen LogP) is 3.11. The summed E-state index contributed by atoms with van der Waals surface area (Å²) in [6, 6.07) is 10.8. The zero-order valence-corrected chi connectivity index (χ0v) is 11.9. The molecule has 2 aromatic carbocycles. The molecule has 2 N–H and O–H groups in total. The maximum Gasteiger partial charge on any atom is 0.416 e. The van der Waals surface area contributed by atoms with Gasteiger partial charge in [-0.2, -0.15) is 17.9 Å².